The number of aromatic amines is 1. The molecule has 130 valence electrons. The highest BCUT2D eigenvalue weighted by atomic mass is 35.5. The summed E-state index contributed by atoms with van der Waals surface area (Å²) >= 11 is 12.1. The summed E-state index contributed by atoms with van der Waals surface area (Å²) in [6.45, 7) is 0.343. The topological polar surface area (TPSA) is 62.0 Å². The van der Waals surface area contributed by atoms with E-state index in [1.807, 2.05) is 24.4 Å². The third kappa shape index (κ3) is 3.06. The predicted molar refractivity (Wildman–Crippen MR) is 101 cm³/mol. The lowest BCUT2D eigenvalue weighted by molar-refractivity contribution is 0.568. The number of hydrogen-bond acceptors (Lipinski definition) is 2. The first kappa shape index (κ1) is 16.9. The van der Waals surface area contributed by atoms with Crippen LogP contribution < -0.4 is 4.72 Å². The molecule has 1 heterocycles. The Hall–Kier alpha value is -1.53. The SMILES string of the molecule is O=S(=O)(NCC1(c2c[nH]c3cc(Cl)ccc23)CC1)c1ccccc1Cl. The Morgan fingerprint density at radius 2 is 1.88 bits per heavy atom. The van der Waals surface area contributed by atoms with Crippen LogP contribution in [0.3, 0.4) is 0 Å². The minimum absolute atomic E-state index is 0.109. The second-order valence-corrected chi connectivity index (χ2v) is 9.01. The molecule has 1 aromatic heterocycles. The van der Waals surface area contributed by atoms with Crippen molar-refractivity contribution in [3.8, 4) is 0 Å². The maximum atomic E-state index is 12.6. The van der Waals surface area contributed by atoms with Crippen LogP contribution in [0.25, 0.3) is 10.9 Å². The van der Waals surface area contributed by atoms with Gasteiger partial charge in [0, 0.05) is 34.1 Å². The molecule has 3 aromatic rings. The van der Waals surface area contributed by atoms with Gasteiger partial charge in [-0.3, -0.25) is 0 Å². The molecule has 4 rings (SSSR count). The Morgan fingerprint density at radius 3 is 2.60 bits per heavy atom. The molecule has 0 bridgehead atoms. The van der Waals surface area contributed by atoms with Gasteiger partial charge in [-0.15, -0.1) is 0 Å². The molecule has 1 aliphatic rings. The molecule has 4 nitrogen and oxygen atoms in total. The van der Waals surface area contributed by atoms with E-state index in [4.69, 9.17) is 23.2 Å². The molecule has 7 heteroatoms. The van der Waals surface area contributed by atoms with Crippen molar-refractivity contribution in [3.63, 3.8) is 0 Å². The van der Waals surface area contributed by atoms with Crippen LogP contribution in [-0.4, -0.2) is 19.9 Å². The van der Waals surface area contributed by atoms with E-state index in [9.17, 15) is 8.42 Å². The Bertz CT molecular complexity index is 1060. The highest BCUT2D eigenvalue weighted by Crippen LogP contribution is 2.50. The lowest BCUT2D eigenvalue weighted by Gasteiger charge is -2.16. The zero-order valence-electron chi connectivity index (χ0n) is 13.2. The van der Waals surface area contributed by atoms with Gasteiger partial charge in [-0.25, -0.2) is 13.1 Å². The summed E-state index contributed by atoms with van der Waals surface area (Å²) in [7, 11) is -3.65. The fraction of sp³-hybridized carbons (Fsp3) is 0.222. The Labute approximate surface area is 156 Å². The van der Waals surface area contributed by atoms with Gasteiger partial charge in [0.05, 0.1) is 5.02 Å². The van der Waals surface area contributed by atoms with Gasteiger partial charge in [0.1, 0.15) is 4.90 Å². The van der Waals surface area contributed by atoms with E-state index in [-0.39, 0.29) is 15.3 Å². The van der Waals surface area contributed by atoms with E-state index in [2.05, 4.69) is 9.71 Å². The van der Waals surface area contributed by atoms with Gasteiger partial charge in [-0.1, -0.05) is 41.4 Å². The number of halogens is 2. The number of aromatic nitrogens is 1. The van der Waals surface area contributed by atoms with Crippen LogP contribution in [0.1, 0.15) is 18.4 Å². The number of benzene rings is 2. The average molecular weight is 395 g/mol. The maximum absolute atomic E-state index is 12.6. The quantitative estimate of drug-likeness (QED) is 0.669. The van der Waals surface area contributed by atoms with Crippen molar-refractivity contribution in [2.24, 2.45) is 0 Å². The molecule has 2 aromatic carbocycles. The summed E-state index contributed by atoms with van der Waals surface area (Å²) in [5, 5.41) is 1.98. The second kappa shape index (κ2) is 6.02. The number of sulfonamides is 1. The van der Waals surface area contributed by atoms with E-state index in [1.54, 1.807) is 18.2 Å². The second-order valence-electron chi connectivity index (χ2n) is 6.43. The Kier molecular flexibility index (Phi) is 4.07. The fourth-order valence-corrected chi connectivity index (χ4v) is 5.02. The van der Waals surface area contributed by atoms with Gasteiger partial charge in [0.15, 0.2) is 0 Å². The third-order valence-electron chi connectivity index (χ3n) is 4.80. The van der Waals surface area contributed by atoms with Crippen LogP contribution in [0.15, 0.2) is 53.6 Å². The number of fused-ring (bicyclic) bond motifs is 1. The van der Waals surface area contributed by atoms with Crippen molar-refractivity contribution in [1.82, 2.24) is 9.71 Å². The summed E-state index contributed by atoms with van der Waals surface area (Å²) in [6.07, 6.45) is 3.83. The van der Waals surface area contributed by atoms with E-state index >= 15 is 0 Å². The van der Waals surface area contributed by atoms with Crippen LogP contribution in [0.4, 0.5) is 0 Å². The normalized spacial score (nSPS) is 16.2. The molecule has 0 saturated heterocycles. The highest BCUT2D eigenvalue weighted by molar-refractivity contribution is 7.89. The highest BCUT2D eigenvalue weighted by Gasteiger charge is 2.46. The average Bonchev–Trinajstić information content (AvgIpc) is 3.25. The minimum atomic E-state index is -3.65. The molecule has 1 aliphatic carbocycles. The van der Waals surface area contributed by atoms with Gasteiger partial charge in [0.25, 0.3) is 0 Å². The van der Waals surface area contributed by atoms with Crippen molar-refractivity contribution in [1.29, 1.82) is 0 Å². The first-order valence-electron chi connectivity index (χ1n) is 7.93. The van der Waals surface area contributed by atoms with E-state index in [0.29, 0.717) is 11.6 Å². The molecular weight excluding hydrogens is 379 g/mol. The summed E-state index contributed by atoms with van der Waals surface area (Å²) in [6, 6.07) is 12.2. The minimum Gasteiger partial charge on any atom is -0.361 e. The largest absolute Gasteiger partial charge is 0.361 e. The molecule has 0 radical (unpaired) electrons. The van der Waals surface area contributed by atoms with Crippen molar-refractivity contribution >= 4 is 44.1 Å². The molecule has 1 saturated carbocycles. The molecule has 0 atom stereocenters. The van der Waals surface area contributed by atoms with Gasteiger partial charge in [0.2, 0.25) is 10.0 Å². The monoisotopic (exact) mass is 394 g/mol. The van der Waals surface area contributed by atoms with Crippen LogP contribution in [-0.2, 0) is 15.4 Å². The van der Waals surface area contributed by atoms with Crippen molar-refractivity contribution < 1.29 is 8.42 Å². The van der Waals surface area contributed by atoms with Gasteiger partial charge in [-0.2, -0.15) is 0 Å². The summed E-state index contributed by atoms with van der Waals surface area (Å²) < 4.78 is 27.9. The molecule has 0 aliphatic heterocycles. The maximum Gasteiger partial charge on any atom is 0.242 e. The van der Waals surface area contributed by atoms with E-state index < -0.39 is 10.0 Å². The molecule has 25 heavy (non-hydrogen) atoms. The van der Waals surface area contributed by atoms with Crippen LogP contribution >= 0.6 is 23.2 Å². The molecule has 0 unspecified atom stereocenters. The van der Waals surface area contributed by atoms with Gasteiger partial charge < -0.3 is 4.98 Å². The summed E-state index contributed by atoms with van der Waals surface area (Å²) in [5.74, 6) is 0. The van der Waals surface area contributed by atoms with Gasteiger partial charge >= 0.3 is 0 Å². The Balaban J connectivity index is 1.61. The zero-order valence-corrected chi connectivity index (χ0v) is 15.5. The molecule has 0 amide bonds. The van der Waals surface area contributed by atoms with Crippen LogP contribution in [0, 0.1) is 0 Å². The standard InChI is InChI=1S/C18H16Cl2N2O2S/c19-12-5-6-13-14(10-21-16(13)9-12)18(7-8-18)11-22-25(23,24)17-4-2-1-3-15(17)20/h1-6,9-10,21-22H,7-8,11H2. The van der Waals surface area contributed by atoms with Crippen molar-refractivity contribution in [2.75, 3.05) is 6.54 Å². The number of rotatable bonds is 5. The lowest BCUT2D eigenvalue weighted by Crippen LogP contribution is -2.32. The van der Waals surface area contributed by atoms with Crippen molar-refractivity contribution in [3.05, 3.63) is 64.3 Å². The summed E-state index contributed by atoms with van der Waals surface area (Å²) in [4.78, 5) is 3.34. The zero-order chi connectivity index (χ0) is 17.7. The van der Waals surface area contributed by atoms with Crippen molar-refractivity contribution in [2.45, 2.75) is 23.2 Å². The fourth-order valence-electron chi connectivity index (χ4n) is 3.20. The molecule has 0 spiro atoms. The summed E-state index contributed by atoms with van der Waals surface area (Å²) in [5.41, 5.74) is 1.91. The van der Waals surface area contributed by atoms with Gasteiger partial charge in [-0.05, 0) is 42.7 Å². The number of nitrogens with one attached hydrogen (secondary N) is 2. The lowest BCUT2D eigenvalue weighted by atomic mass is 9.96. The predicted octanol–water partition coefficient (Wildman–Crippen LogP) is 4.48. The third-order valence-corrected chi connectivity index (χ3v) is 6.93. The first-order chi connectivity index (χ1) is 11.9. The molecule has 1 fully saturated rings. The van der Waals surface area contributed by atoms with Crippen LogP contribution in [0.5, 0.6) is 0 Å². The first-order valence-corrected chi connectivity index (χ1v) is 10.2. The van der Waals surface area contributed by atoms with E-state index in [0.717, 1.165) is 29.3 Å². The Morgan fingerprint density at radius 1 is 1.12 bits per heavy atom. The smallest absolute Gasteiger partial charge is 0.242 e. The van der Waals surface area contributed by atoms with Crippen LogP contribution in [0.2, 0.25) is 10.0 Å². The molecule has 2 N–H and O–H groups in total. The number of hydrogen-bond donors (Lipinski definition) is 2. The number of H-pyrrole nitrogens is 1. The molecular formula is C18H16Cl2N2O2S. The van der Waals surface area contributed by atoms with E-state index in [1.165, 1.54) is 6.07 Å².